The summed E-state index contributed by atoms with van der Waals surface area (Å²) < 4.78 is 0. The van der Waals surface area contributed by atoms with Crippen LogP contribution < -0.4 is 10.2 Å². The summed E-state index contributed by atoms with van der Waals surface area (Å²) in [4.78, 5) is 24.4. The lowest BCUT2D eigenvalue weighted by Crippen LogP contribution is -2.46. The van der Waals surface area contributed by atoms with Crippen molar-refractivity contribution in [2.75, 3.05) is 31.1 Å². The van der Waals surface area contributed by atoms with E-state index in [1.165, 1.54) is 0 Å². The Labute approximate surface area is 123 Å². The van der Waals surface area contributed by atoms with Gasteiger partial charge in [-0.05, 0) is 19.8 Å². The van der Waals surface area contributed by atoms with Gasteiger partial charge in [0, 0.05) is 38.3 Å². The van der Waals surface area contributed by atoms with Gasteiger partial charge in [-0.2, -0.15) is 0 Å². The maximum absolute atomic E-state index is 11.7. The van der Waals surface area contributed by atoms with E-state index in [2.05, 4.69) is 20.2 Å². The number of carbonyl (C=O) groups excluding carboxylic acids is 1. The van der Waals surface area contributed by atoms with Crippen LogP contribution in [0.3, 0.4) is 0 Å². The maximum Gasteiger partial charge on any atom is 0.317 e. The summed E-state index contributed by atoms with van der Waals surface area (Å²) in [5, 5.41) is 3.34. The van der Waals surface area contributed by atoms with Crippen LogP contribution in [0.1, 0.15) is 18.7 Å². The second-order valence-electron chi connectivity index (χ2n) is 5.24. The second-order valence-corrected chi connectivity index (χ2v) is 5.63. The topological polar surface area (TPSA) is 61.4 Å². The van der Waals surface area contributed by atoms with Crippen LogP contribution in [0.15, 0.2) is 6.07 Å². The summed E-state index contributed by atoms with van der Waals surface area (Å²) in [5.41, 5.74) is 0. The number of carbonyl (C=O) groups is 1. The lowest BCUT2D eigenvalue weighted by molar-refractivity contribution is 0.186. The number of anilines is 1. The first-order valence-corrected chi connectivity index (χ1v) is 7.32. The van der Waals surface area contributed by atoms with E-state index in [4.69, 9.17) is 11.6 Å². The van der Waals surface area contributed by atoms with Gasteiger partial charge in [0.15, 0.2) is 0 Å². The molecule has 2 aliphatic heterocycles. The molecule has 3 rings (SSSR count). The lowest BCUT2D eigenvalue weighted by Gasteiger charge is -2.36. The molecule has 20 heavy (non-hydrogen) atoms. The van der Waals surface area contributed by atoms with Crippen molar-refractivity contribution in [3.63, 3.8) is 0 Å². The van der Waals surface area contributed by atoms with Gasteiger partial charge in [-0.25, -0.2) is 14.8 Å². The first-order chi connectivity index (χ1) is 9.63. The molecule has 2 aliphatic rings. The molecule has 2 saturated heterocycles. The van der Waals surface area contributed by atoms with Crippen molar-refractivity contribution in [2.45, 2.75) is 25.8 Å². The zero-order valence-electron chi connectivity index (χ0n) is 11.5. The predicted octanol–water partition coefficient (Wildman–Crippen LogP) is 1.43. The van der Waals surface area contributed by atoms with Gasteiger partial charge >= 0.3 is 6.03 Å². The zero-order chi connectivity index (χ0) is 14.1. The molecular weight excluding hydrogens is 278 g/mol. The van der Waals surface area contributed by atoms with E-state index in [9.17, 15) is 4.79 Å². The van der Waals surface area contributed by atoms with Crippen molar-refractivity contribution < 1.29 is 4.79 Å². The zero-order valence-corrected chi connectivity index (χ0v) is 12.2. The average molecular weight is 296 g/mol. The molecule has 6 nitrogen and oxygen atoms in total. The number of piperidine rings is 1. The Morgan fingerprint density at radius 3 is 2.65 bits per heavy atom. The number of rotatable bonds is 2. The summed E-state index contributed by atoms with van der Waals surface area (Å²) in [7, 11) is 0. The minimum Gasteiger partial charge on any atom is -0.356 e. The summed E-state index contributed by atoms with van der Waals surface area (Å²) in [6.07, 6.45) is 1.93. The molecule has 2 fully saturated rings. The number of hydrogen-bond donors (Lipinski definition) is 1. The maximum atomic E-state index is 11.7. The largest absolute Gasteiger partial charge is 0.356 e. The number of urea groups is 1. The van der Waals surface area contributed by atoms with Gasteiger partial charge in [-0.1, -0.05) is 11.6 Å². The van der Waals surface area contributed by atoms with E-state index < -0.39 is 0 Å². The third-order valence-corrected chi connectivity index (χ3v) is 4.11. The minimum atomic E-state index is 0.0735. The highest BCUT2D eigenvalue weighted by molar-refractivity contribution is 6.29. The third-order valence-electron chi connectivity index (χ3n) is 3.91. The van der Waals surface area contributed by atoms with E-state index in [0.29, 0.717) is 17.0 Å². The monoisotopic (exact) mass is 295 g/mol. The van der Waals surface area contributed by atoms with Crippen molar-refractivity contribution in [1.82, 2.24) is 20.2 Å². The standard InChI is InChI=1S/C13H18ClN5O/c1-9-16-11(14)8-12(17-9)18-5-2-10(3-6-18)19-7-4-15-13(19)20/h8,10H,2-7H2,1H3,(H,15,20). The molecule has 0 bridgehead atoms. The molecule has 0 spiro atoms. The quantitative estimate of drug-likeness (QED) is 0.839. The Hall–Kier alpha value is -1.56. The van der Waals surface area contributed by atoms with Crippen LogP contribution in [-0.2, 0) is 0 Å². The van der Waals surface area contributed by atoms with Crippen molar-refractivity contribution in [1.29, 1.82) is 0 Å². The Morgan fingerprint density at radius 1 is 1.30 bits per heavy atom. The van der Waals surface area contributed by atoms with E-state index >= 15 is 0 Å². The summed E-state index contributed by atoms with van der Waals surface area (Å²) in [5.74, 6) is 1.57. The van der Waals surface area contributed by atoms with Crippen LogP contribution in [0.4, 0.5) is 10.6 Å². The number of aryl methyl sites for hydroxylation is 1. The van der Waals surface area contributed by atoms with E-state index in [0.717, 1.165) is 44.8 Å². The van der Waals surface area contributed by atoms with Gasteiger partial charge < -0.3 is 15.1 Å². The molecule has 3 heterocycles. The van der Waals surface area contributed by atoms with Gasteiger partial charge in [0.1, 0.15) is 16.8 Å². The van der Waals surface area contributed by atoms with Crippen LogP contribution in [0.2, 0.25) is 5.15 Å². The molecule has 0 atom stereocenters. The molecule has 108 valence electrons. The molecule has 0 saturated carbocycles. The van der Waals surface area contributed by atoms with Crippen LogP contribution in [0.25, 0.3) is 0 Å². The molecule has 1 aromatic heterocycles. The highest BCUT2D eigenvalue weighted by atomic mass is 35.5. The number of hydrogen-bond acceptors (Lipinski definition) is 4. The van der Waals surface area contributed by atoms with E-state index in [-0.39, 0.29) is 6.03 Å². The molecule has 0 unspecified atom stereocenters. The Bertz CT molecular complexity index is 495. The van der Waals surface area contributed by atoms with Gasteiger partial charge in [0.25, 0.3) is 0 Å². The first-order valence-electron chi connectivity index (χ1n) is 6.94. The number of halogens is 1. The third kappa shape index (κ3) is 2.65. The van der Waals surface area contributed by atoms with Crippen LogP contribution in [0, 0.1) is 6.92 Å². The second kappa shape index (κ2) is 5.44. The van der Waals surface area contributed by atoms with Gasteiger partial charge in [0.2, 0.25) is 0 Å². The average Bonchev–Trinajstić information content (AvgIpc) is 2.84. The number of nitrogens with zero attached hydrogens (tertiary/aromatic N) is 4. The predicted molar refractivity (Wildman–Crippen MR) is 77.1 cm³/mol. The van der Waals surface area contributed by atoms with Gasteiger partial charge in [-0.3, -0.25) is 0 Å². The number of nitrogens with one attached hydrogen (secondary N) is 1. The highest BCUT2D eigenvalue weighted by Crippen LogP contribution is 2.23. The van der Waals surface area contributed by atoms with Crippen molar-refractivity contribution >= 4 is 23.4 Å². The normalized spacial score (nSPS) is 20.4. The fraction of sp³-hybridized carbons (Fsp3) is 0.615. The van der Waals surface area contributed by atoms with Gasteiger partial charge in [-0.15, -0.1) is 0 Å². The molecule has 0 radical (unpaired) electrons. The Morgan fingerprint density at radius 2 is 2.05 bits per heavy atom. The molecule has 0 aliphatic carbocycles. The van der Waals surface area contributed by atoms with Crippen molar-refractivity contribution in [2.24, 2.45) is 0 Å². The molecule has 1 aromatic rings. The Kier molecular flexibility index (Phi) is 3.65. The van der Waals surface area contributed by atoms with Crippen molar-refractivity contribution in [3.05, 3.63) is 17.0 Å². The Balaban J connectivity index is 1.64. The van der Waals surface area contributed by atoms with E-state index in [1.807, 2.05) is 11.8 Å². The smallest absolute Gasteiger partial charge is 0.317 e. The van der Waals surface area contributed by atoms with Crippen molar-refractivity contribution in [3.8, 4) is 0 Å². The van der Waals surface area contributed by atoms with E-state index in [1.54, 1.807) is 6.07 Å². The lowest BCUT2D eigenvalue weighted by atomic mass is 10.0. The molecule has 2 amide bonds. The van der Waals surface area contributed by atoms with Crippen LogP contribution >= 0.6 is 11.6 Å². The van der Waals surface area contributed by atoms with Crippen LogP contribution in [0.5, 0.6) is 0 Å². The molecule has 0 aromatic carbocycles. The fourth-order valence-corrected chi connectivity index (χ4v) is 3.14. The number of amides is 2. The first kappa shape index (κ1) is 13.4. The molecule has 1 N–H and O–H groups in total. The minimum absolute atomic E-state index is 0.0735. The fourth-order valence-electron chi connectivity index (χ4n) is 2.92. The summed E-state index contributed by atoms with van der Waals surface area (Å²) in [6.45, 7) is 5.21. The van der Waals surface area contributed by atoms with Gasteiger partial charge in [0.05, 0.1) is 0 Å². The molecule has 7 heteroatoms. The summed E-state index contributed by atoms with van der Waals surface area (Å²) in [6, 6.07) is 2.22. The molecular formula is C13H18ClN5O. The summed E-state index contributed by atoms with van der Waals surface area (Å²) >= 11 is 5.98. The van der Waals surface area contributed by atoms with Crippen LogP contribution in [-0.4, -0.2) is 53.1 Å². The number of aromatic nitrogens is 2. The SMILES string of the molecule is Cc1nc(Cl)cc(N2CCC(N3CCNC3=O)CC2)n1. The highest BCUT2D eigenvalue weighted by Gasteiger charge is 2.31.